The van der Waals surface area contributed by atoms with Crippen LogP contribution in [0.15, 0.2) is 12.1 Å². The number of amidine groups is 1. The van der Waals surface area contributed by atoms with Crippen molar-refractivity contribution < 1.29 is 9.47 Å². The lowest BCUT2D eigenvalue weighted by molar-refractivity contribution is 0.00534. The number of benzene rings is 1. The van der Waals surface area contributed by atoms with Crippen molar-refractivity contribution in [2.24, 2.45) is 5.73 Å². The Hall–Kier alpha value is -1.55. The van der Waals surface area contributed by atoms with Crippen LogP contribution in [0.3, 0.4) is 0 Å². The molecule has 0 saturated carbocycles. The molecule has 0 aliphatic carbocycles. The van der Waals surface area contributed by atoms with Crippen LogP contribution in [0.5, 0.6) is 5.75 Å². The first kappa shape index (κ1) is 15.5. The molecule has 0 atom stereocenters. The van der Waals surface area contributed by atoms with Gasteiger partial charge in [0.05, 0.1) is 12.2 Å². The molecule has 0 aliphatic rings. The predicted molar refractivity (Wildman–Crippen MR) is 78.1 cm³/mol. The monoisotopic (exact) mass is 264 g/mol. The van der Waals surface area contributed by atoms with Gasteiger partial charge in [-0.25, -0.2) is 0 Å². The number of hydrogen-bond donors (Lipinski definition) is 2. The van der Waals surface area contributed by atoms with Gasteiger partial charge in [0, 0.05) is 19.1 Å². The summed E-state index contributed by atoms with van der Waals surface area (Å²) in [7, 11) is 1.71. The van der Waals surface area contributed by atoms with Gasteiger partial charge in [-0.1, -0.05) is 0 Å². The molecule has 0 aromatic heterocycles. The predicted octanol–water partition coefficient (Wildman–Crippen LogP) is 2.78. The molecule has 0 amide bonds. The van der Waals surface area contributed by atoms with Gasteiger partial charge in [-0.3, -0.25) is 5.41 Å². The van der Waals surface area contributed by atoms with Gasteiger partial charge in [-0.15, -0.1) is 0 Å². The molecule has 1 aromatic rings. The first-order valence-electron chi connectivity index (χ1n) is 6.40. The van der Waals surface area contributed by atoms with Crippen molar-refractivity contribution in [3.63, 3.8) is 0 Å². The van der Waals surface area contributed by atoms with Crippen molar-refractivity contribution in [2.45, 2.75) is 39.7 Å². The molecule has 0 aliphatic heterocycles. The maximum Gasteiger partial charge on any atom is 0.125 e. The van der Waals surface area contributed by atoms with E-state index in [1.54, 1.807) is 7.11 Å². The van der Waals surface area contributed by atoms with Gasteiger partial charge < -0.3 is 15.2 Å². The Labute approximate surface area is 115 Å². The molecule has 1 aromatic carbocycles. The quantitative estimate of drug-likeness (QED) is 0.613. The zero-order chi connectivity index (χ0) is 14.6. The van der Waals surface area contributed by atoms with E-state index >= 15 is 0 Å². The molecular weight excluding hydrogens is 240 g/mol. The van der Waals surface area contributed by atoms with Crippen molar-refractivity contribution in [3.05, 3.63) is 28.8 Å². The largest absolute Gasteiger partial charge is 0.493 e. The van der Waals surface area contributed by atoms with Crippen LogP contribution in [0, 0.1) is 19.3 Å². The molecule has 0 unspecified atom stereocenters. The molecule has 106 valence electrons. The summed E-state index contributed by atoms with van der Waals surface area (Å²) < 4.78 is 11.2. The van der Waals surface area contributed by atoms with Crippen molar-refractivity contribution in [3.8, 4) is 5.75 Å². The van der Waals surface area contributed by atoms with Gasteiger partial charge in [0.2, 0.25) is 0 Å². The molecule has 4 heteroatoms. The van der Waals surface area contributed by atoms with E-state index in [1.165, 1.54) is 0 Å². The molecule has 0 radical (unpaired) electrons. The Morgan fingerprint density at radius 1 is 1.26 bits per heavy atom. The highest BCUT2D eigenvalue weighted by Crippen LogP contribution is 2.25. The fraction of sp³-hybridized carbons (Fsp3) is 0.533. The molecule has 0 heterocycles. The first-order chi connectivity index (χ1) is 8.76. The SMILES string of the molecule is COC(C)(C)CCOc1c(C)cc(C(=N)N)cc1C. The molecular formula is C15H24N2O2. The summed E-state index contributed by atoms with van der Waals surface area (Å²) in [5.41, 5.74) is 8.06. The van der Waals surface area contributed by atoms with E-state index in [9.17, 15) is 0 Å². The van der Waals surface area contributed by atoms with Crippen LogP contribution in [-0.2, 0) is 4.74 Å². The molecule has 1 rings (SSSR count). The minimum Gasteiger partial charge on any atom is -0.493 e. The zero-order valence-electron chi connectivity index (χ0n) is 12.5. The number of rotatable bonds is 6. The summed E-state index contributed by atoms with van der Waals surface area (Å²) in [6.07, 6.45) is 0.816. The highest BCUT2D eigenvalue weighted by atomic mass is 16.5. The van der Waals surface area contributed by atoms with Gasteiger partial charge in [0.15, 0.2) is 0 Å². The zero-order valence-corrected chi connectivity index (χ0v) is 12.5. The smallest absolute Gasteiger partial charge is 0.125 e. The van der Waals surface area contributed by atoms with E-state index < -0.39 is 0 Å². The van der Waals surface area contributed by atoms with E-state index in [1.807, 2.05) is 39.8 Å². The van der Waals surface area contributed by atoms with Crippen LogP contribution in [0.4, 0.5) is 0 Å². The van der Waals surface area contributed by atoms with Crippen LogP contribution in [0.2, 0.25) is 0 Å². The maximum absolute atomic E-state index is 7.46. The fourth-order valence-corrected chi connectivity index (χ4v) is 1.83. The summed E-state index contributed by atoms with van der Waals surface area (Å²) in [6.45, 7) is 8.61. The summed E-state index contributed by atoms with van der Waals surface area (Å²) in [5, 5.41) is 7.46. The summed E-state index contributed by atoms with van der Waals surface area (Å²) in [6, 6.07) is 3.76. The molecule has 0 fully saturated rings. The topological polar surface area (TPSA) is 68.3 Å². The van der Waals surface area contributed by atoms with Crippen LogP contribution >= 0.6 is 0 Å². The summed E-state index contributed by atoms with van der Waals surface area (Å²) in [4.78, 5) is 0. The Balaban J connectivity index is 2.77. The Bertz CT molecular complexity index is 444. The average molecular weight is 264 g/mol. The third-order valence-corrected chi connectivity index (χ3v) is 3.27. The number of methoxy groups -OCH3 is 1. The third-order valence-electron chi connectivity index (χ3n) is 3.27. The number of aryl methyl sites for hydroxylation is 2. The second-order valence-corrected chi connectivity index (χ2v) is 5.42. The molecule has 3 N–H and O–H groups in total. The summed E-state index contributed by atoms with van der Waals surface area (Å²) in [5.74, 6) is 0.954. The lowest BCUT2D eigenvalue weighted by Gasteiger charge is -2.23. The highest BCUT2D eigenvalue weighted by molar-refractivity contribution is 5.95. The number of nitrogens with two attached hydrogens (primary N) is 1. The van der Waals surface area contributed by atoms with E-state index in [0.29, 0.717) is 6.61 Å². The molecule has 0 saturated heterocycles. The minimum atomic E-state index is -0.179. The number of ether oxygens (including phenoxy) is 2. The maximum atomic E-state index is 7.46. The van der Waals surface area contributed by atoms with E-state index in [-0.39, 0.29) is 11.4 Å². The number of hydrogen-bond acceptors (Lipinski definition) is 3. The Morgan fingerprint density at radius 2 is 1.79 bits per heavy atom. The van der Waals surface area contributed by atoms with E-state index in [4.69, 9.17) is 20.6 Å². The van der Waals surface area contributed by atoms with Crippen LogP contribution < -0.4 is 10.5 Å². The molecule has 19 heavy (non-hydrogen) atoms. The molecule has 0 spiro atoms. The fourth-order valence-electron chi connectivity index (χ4n) is 1.83. The van der Waals surface area contributed by atoms with Gasteiger partial charge in [-0.2, -0.15) is 0 Å². The van der Waals surface area contributed by atoms with Crippen LogP contribution in [-0.4, -0.2) is 25.2 Å². The second kappa shape index (κ2) is 6.06. The standard InChI is InChI=1S/C15H24N2O2/c1-10-8-12(14(16)17)9-11(2)13(10)19-7-6-15(3,4)18-5/h8-9H,6-7H2,1-5H3,(H3,16,17). The van der Waals surface area contributed by atoms with Crippen molar-refractivity contribution in [1.29, 1.82) is 5.41 Å². The summed E-state index contributed by atoms with van der Waals surface area (Å²) >= 11 is 0. The Morgan fingerprint density at radius 3 is 2.21 bits per heavy atom. The molecule has 0 bridgehead atoms. The Kier molecular flexibility index (Phi) is 4.95. The lowest BCUT2D eigenvalue weighted by Crippen LogP contribution is -2.25. The van der Waals surface area contributed by atoms with Gasteiger partial charge in [0.25, 0.3) is 0 Å². The minimum absolute atomic E-state index is 0.0817. The van der Waals surface area contributed by atoms with Crippen LogP contribution in [0.25, 0.3) is 0 Å². The van der Waals surface area contributed by atoms with Crippen molar-refractivity contribution in [2.75, 3.05) is 13.7 Å². The first-order valence-corrected chi connectivity index (χ1v) is 6.40. The molecule has 4 nitrogen and oxygen atoms in total. The van der Waals surface area contributed by atoms with Crippen molar-refractivity contribution >= 4 is 5.84 Å². The normalized spacial score (nSPS) is 11.4. The van der Waals surface area contributed by atoms with Crippen molar-refractivity contribution in [1.82, 2.24) is 0 Å². The van der Waals surface area contributed by atoms with Gasteiger partial charge in [0.1, 0.15) is 11.6 Å². The van der Waals surface area contributed by atoms with Gasteiger partial charge in [-0.05, 0) is 51.0 Å². The van der Waals surface area contributed by atoms with E-state index in [0.717, 1.165) is 28.9 Å². The lowest BCUT2D eigenvalue weighted by atomic mass is 10.0. The highest BCUT2D eigenvalue weighted by Gasteiger charge is 2.17. The number of nitrogens with one attached hydrogen (secondary N) is 1. The van der Waals surface area contributed by atoms with E-state index in [2.05, 4.69) is 0 Å². The van der Waals surface area contributed by atoms with Crippen LogP contribution in [0.1, 0.15) is 37.0 Å². The third kappa shape index (κ3) is 4.24. The second-order valence-electron chi connectivity index (χ2n) is 5.42. The van der Waals surface area contributed by atoms with Gasteiger partial charge >= 0.3 is 0 Å². The average Bonchev–Trinajstić information content (AvgIpc) is 2.32. The number of nitrogen functional groups attached to an aromatic ring is 1.